The summed E-state index contributed by atoms with van der Waals surface area (Å²) in [4.78, 5) is 26.2. The molecule has 1 heterocycles. The maximum absolute atomic E-state index is 12.4. The predicted molar refractivity (Wildman–Crippen MR) is 92.0 cm³/mol. The Labute approximate surface area is 141 Å². The second kappa shape index (κ2) is 7.05. The third kappa shape index (κ3) is 3.59. The zero-order valence-corrected chi connectivity index (χ0v) is 13.6. The molecule has 0 radical (unpaired) electrons. The molecule has 0 atom stereocenters. The van der Waals surface area contributed by atoms with E-state index in [1.807, 2.05) is 0 Å². The molecule has 6 heteroatoms. The zero-order valence-electron chi connectivity index (χ0n) is 13.6. The van der Waals surface area contributed by atoms with Crippen LogP contribution in [0.25, 0.3) is 0 Å². The summed E-state index contributed by atoms with van der Waals surface area (Å²) in [6, 6.07) is 5.22. The average molecular weight is 329 g/mol. The molecule has 2 fully saturated rings. The van der Waals surface area contributed by atoms with Gasteiger partial charge in [0.2, 0.25) is 5.91 Å². The number of aromatic hydroxyl groups is 1. The van der Waals surface area contributed by atoms with Crippen LogP contribution in [0.3, 0.4) is 0 Å². The topological polar surface area (TPSA) is 81.7 Å². The number of carbonyl (C=O) groups excluding carboxylic acids is 2. The third-order valence-electron chi connectivity index (χ3n) is 4.81. The molecule has 0 unspecified atom stereocenters. The summed E-state index contributed by atoms with van der Waals surface area (Å²) in [5, 5.41) is 15.3. The Hall–Kier alpha value is -2.34. The molecular weight excluding hydrogens is 306 g/mol. The molecule has 2 aliphatic rings. The zero-order chi connectivity index (χ0) is 17.1. The second-order valence-corrected chi connectivity index (χ2v) is 6.46. The fourth-order valence-corrected chi connectivity index (χ4v) is 3.34. The van der Waals surface area contributed by atoms with E-state index < -0.39 is 5.91 Å². The number of rotatable bonds is 5. The number of hydrogen-bond acceptors (Lipinski definition) is 4. The molecule has 24 heavy (non-hydrogen) atoms. The van der Waals surface area contributed by atoms with Crippen LogP contribution < -0.4 is 10.6 Å². The highest BCUT2D eigenvalue weighted by Crippen LogP contribution is 2.29. The molecule has 1 aliphatic heterocycles. The van der Waals surface area contributed by atoms with Gasteiger partial charge in [-0.15, -0.1) is 0 Å². The van der Waals surface area contributed by atoms with Crippen LogP contribution in [0, 0.1) is 0 Å². The number of nitrogens with zero attached hydrogens (tertiary/aromatic N) is 1. The van der Waals surface area contributed by atoms with Gasteiger partial charge in [-0.2, -0.15) is 0 Å². The predicted octanol–water partition coefficient (Wildman–Crippen LogP) is 1.87. The number of carbonyl (C=O) groups is 2. The monoisotopic (exact) mass is 329 g/mol. The van der Waals surface area contributed by atoms with Crippen LogP contribution in [0.4, 0.5) is 5.69 Å². The first-order valence-corrected chi connectivity index (χ1v) is 8.38. The molecule has 3 rings (SSSR count). The number of phenols is 1. The lowest BCUT2D eigenvalue weighted by Crippen LogP contribution is -2.53. The van der Waals surface area contributed by atoms with Gasteiger partial charge in [0.15, 0.2) is 0 Å². The highest BCUT2D eigenvalue weighted by atomic mass is 16.3. The second-order valence-electron chi connectivity index (χ2n) is 6.46. The van der Waals surface area contributed by atoms with Crippen molar-refractivity contribution in [3.63, 3.8) is 0 Å². The van der Waals surface area contributed by atoms with Crippen molar-refractivity contribution in [1.29, 1.82) is 0 Å². The van der Waals surface area contributed by atoms with Crippen molar-refractivity contribution in [2.75, 3.05) is 18.4 Å². The van der Waals surface area contributed by atoms with E-state index in [9.17, 15) is 14.7 Å². The standard InChI is InChI=1S/C18H23N3O3/c1-2-17(23)20-15-9-12(5-6-16(15)22)18(24)19-13-10-14(11-13)21-7-3-4-8-21/h2,5-6,9,13-14,22H,1,3-4,7-8,10-11H2,(H,19,24)(H,20,23). The normalized spacial score (nSPS) is 23.3. The number of likely N-dealkylation sites (tertiary alicyclic amines) is 1. The maximum Gasteiger partial charge on any atom is 0.251 e. The molecule has 128 valence electrons. The largest absolute Gasteiger partial charge is 0.506 e. The van der Waals surface area contributed by atoms with Gasteiger partial charge in [-0.25, -0.2) is 0 Å². The third-order valence-corrected chi connectivity index (χ3v) is 4.81. The summed E-state index contributed by atoms with van der Waals surface area (Å²) < 4.78 is 0. The number of amides is 2. The van der Waals surface area contributed by atoms with Crippen LogP contribution in [-0.4, -0.2) is 47.0 Å². The minimum atomic E-state index is -0.435. The Kier molecular flexibility index (Phi) is 4.85. The molecule has 1 saturated heterocycles. The number of hydrogen-bond donors (Lipinski definition) is 3. The Bertz CT molecular complexity index is 647. The molecule has 6 nitrogen and oxygen atoms in total. The molecule has 1 saturated carbocycles. The number of anilines is 1. The van der Waals surface area contributed by atoms with Crippen LogP contribution in [0.5, 0.6) is 5.75 Å². The fraction of sp³-hybridized carbons (Fsp3) is 0.444. The van der Waals surface area contributed by atoms with Crippen molar-refractivity contribution < 1.29 is 14.7 Å². The van der Waals surface area contributed by atoms with Crippen molar-refractivity contribution in [2.45, 2.75) is 37.8 Å². The molecule has 3 N–H and O–H groups in total. The van der Waals surface area contributed by atoms with Crippen LogP contribution in [0.1, 0.15) is 36.0 Å². The first kappa shape index (κ1) is 16.5. The van der Waals surface area contributed by atoms with E-state index in [-0.39, 0.29) is 23.4 Å². The maximum atomic E-state index is 12.4. The van der Waals surface area contributed by atoms with Crippen molar-refractivity contribution in [3.05, 3.63) is 36.4 Å². The highest BCUT2D eigenvalue weighted by Gasteiger charge is 2.35. The number of phenolic OH excluding ortho intramolecular Hbond substituents is 1. The van der Waals surface area contributed by atoms with Gasteiger partial charge in [0.1, 0.15) is 5.75 Å². The molecule has 0 spiro atoms. The Morgan fingerprint density at radius 2 is 1.96 bits per heavy atom. The van der Waals surface area contributed by atoms with Gasteiger partial charge in [-0.05, 0) is 63.0 Å². The Morgan fingerprint density at radius 3 is 2.62 bits per heavy atom. The molecular formula is C18H23N3O3. The smallest absolute Gasteiger partial charge is 0.251 e. The SMILES string of the molecule is C=CC(=O)Nc1cc(C(=O)NC2CC(N3CCCC3)C2)ccc1O. The lowest BCUT2D eigenvalue weighted by Gasteiger charge is -2.41. The van der Waals surface area contributed by atoms with Gasteiger partial charge in [-0.3, -0.25) is 9.59 Å². The van der Waals surface area contributed by atoms with Crippen molar-refractivity contribution in [3.8, 4) is 5.75 Å². The first-order valence-electron chi connectivity index (χ1n) is 8.38. The lowest BCUT2D eigenvalue weighted by atomic mass is 9.85. The number of benzene rings is 1. The van der Waals surface area contributed by atoms with Crippen molar-refractivity contribution >= 4 is 17.5 Å². The van der Waals surface area contributed by atoms with E-state index in [4.69, 9.17) is 0 Å². The Balaban J connectivity index is 1.56. The molecule has 1 aromatic rings. The highest BCUT2D eigenvalue weighted by molar-refractivity contribution is 6.02. The quantitative estimate of drug-likeness (QED) is 0.569. The van der Waals surface area contributed by atoms with Gasteiger partial charge in [0.05, 0.1) is 5.69 Å². The van der Waals surface area contributed by atoms with E-state index in [1.54, 1.807) is 6.07 Å². The van der Waals surface area contributed by atoms with E-state index in [0.717, 1.165) is 18.9 Å². The first-order chi connectivity index (χ1) is 11.6. The van der Waals surface area contributed by atoms with Crippen molar-refractivity contribution in [1.82, 2.24) is 10.2 Å². The van der Waals surface area contributed by atoms with E-state index in [0.29, 0.717) is 11.6 Å². The molecule has 1 aromatic carbocycles. The molecule has 2 amide bonds. The minimum Gasteiger partial charge on any atom is -0.506 e. The van der Waals surface area contributed by atoms with E-state index >= 15 is 0 Å². The molecule has 1 aliphatic carbocycles. The lowest BCUT2D eigenvalue weighted by molar-refractivity contribution is -0.111. The summed E-state index contributed by atoms with van der Waals surface area (Å²) in [7, 11) is 0. The summed E-state index contributed by atoms with van der Waals surface area (Å²) in [5.41, 5.74) is 0.618. The summed E-state index contributed by atoms with van der Waals surface area (Å²) in [6.45, 7) is 5.72. The van der Waals surface area contributed by atoms with Gasteiger partial charge >= 0.3 is 0 Å². The van der Waals surface area contributed by atoms with Crippen LogP contribution in [0.2, 0.25) is 0 Å². The summed E-state index contributed by atoms with van der Waals surface area (Å²) in [5.74, 6) is -0.705. The van der Waals surface area contributed by atoms with Gasteiger partial charge < -0.3 is 20.6 Å². The van der Waals surface area contributed by atoms with Crippen LogP contribution >= 0.6 is 0 Å². The van der Waals surface area contributed by atoms with Crippen LogP contribution in [0.15, 0.2) is 30.9 Å². The summed E-state index contributed by atoms with van der Waals surface area (Å²) >= 11 is 0. The van der Waals surface area contributed by atoms with Gasteiger partial charge in [0, 0.05) is 17.6 Å². The van der Waals surface area contributed by atoms with Gasteiger partial charge in [0.25, 0.3) is 5.91 Å². The average Bonchev–Trinajstić information content (AvgIpc) is 3.06. The van der Waals surface area contributed by atoms with Gasteiger partial charge in [-0.1, -0.05) is 6.58 Å². The number of nitrogens with one attached hydrogen (secondary N) is 2. The summed E-state index contributed by atoms with van der Waals surface area (Å²) in [6.07, 6.45) is 5.65. The van der Waals surface area contributed by atoms with Crippen LogP contribution in [-0.2, 0) is 4.79 Å². The Morgan fingerprint density at radius 1 is 1.25 bits per heavy atom. The van der Waals surface area contributed by atoms with E-state index in [1.165, 1.54) is 38.1 Å². The molecule has 0 bridgehead atoms. The molecule has 0 aromatic heterocycles. The van der Waals surface area contributed by atoms with Crippen molar-refractivity contribution in [2.24, 2.45) is 0 Å². The minimum absolute atomic E-state index is 0.0838. The fourth-order valence-electron chi connectivity index (χ4n) is 3.34. The van der Waals surface area contributed by atoms with E-state index in [2.05, 4.69) is 22.1 Å².